The third kappa shape index (κ3) is 8.58. The normalized spacial score (nSPS) is 29.7. The largest absolute Gasteiger partial charge is 0.479 e. The van der Waals surface area contributed by atoms with Crippen molar-refractivity contribution >= 4 is 23.9 Å². The lowest BCUT2D eigenvalue weighted by molar-refractivity contribution is -0.231. The van der Waals surface area contributed by atoms with E-state index in [0.29, 0.717) is 45.1 Å². The molecule has 3 amide bonds. The second-order valence-corrected chi connectivity index (χ2v) is 13.7. The lowest BCUT2D eigenvalue weighted by Crippen LogP contribution is -2.68. The van der Waals surface area contributed by atoms with Gasteiger partial charge in [0, 0.05) is 52.5 Å². The highest BCUT2D eigenvalue weighted by Crippen LogP contribution is 2.38. The first kappa shape index (κ1) is 36.5. The lowest BCUT2D eigenvalue weighted by Gasteiger charge is -2.49. The van der Waals surface area contributed by atoms with Gasteiger partial charge in [-0.3, -0.25) is 14.5 Å². The van der Waals surface area contributed by atoms with Crippen molar-refractivity contribution in [1.82, 2.24) is 30.4 Å². The molecule has 264 valence electrons. The number of rotatable bonds is 10. The summed E-state index contributed by atoms with van der Waals surface area (Å²) in [5.74, 6) is -2.06. The standard InChI is InChI=1S/C30H48N6O11/c1-17-31-13-19(33-17)25(41)32-14-21(39)23(40)24-22(34-18(2)37)20(38)12-30(46-24,26(42)43)7-9-36-10-11-45-16-29(36)6-8-35(15-29)27(44)47-28(3,4)5/h13,20-24,38-40H,6-12,14-16H2,1-5H3,(H,31,33)(H,32,41)(H,34,37)(H,42,43)/t20-,21+,22+,23+,24+,29-,30+/m0/s1. The molecule has 17 nitrogen and oxygen atoms in total. The van der Waals surface area contributed by atoms with Gasteiger partial charge in [0.05, 0.1) is 43.2 Å². The molecule has 7 N–H and O–H groups in total. The van der Waals surface area contributed by atoms with Crippen LogP contribution in [0.5, 0.6) is 0 Å². The summed E-state index contributed by atoms with van der Waals surface area (Å²) in [5, 5.41) is 48.7. The summed E-state index contributed by atoms with van der Waals surface area (Å²) in [6, 6.07) is -1.26. The van der Waals surface area contributed by atoms with Crippen LogP contribution in [0.1, 0.15) is 63.3 Å². The maximum atomic E-state index is 12.9. The number of carboxylic acids is 1. The molecule has 0 radical (unpaired) electrons. The molecule has 4 heterocycles. The smallest absolute Gasteiger partial charge is 0.410 e. The lowest BCUT2D eigenvalue weighted by atomic mass is 9.81. The predicted octanol–water partition coefficient (Wildman–Crippen LogP) is -1.25. The molecule has 0 bridgehead atoms. The number of aliphatic hydroxyl groups is 3. The van der Waals surface area contributed by atoms with Crippen LogP contribution >= 0.6 is 0 Å². The maximum absolute atomic E-state index is 12.9. The molecule has 3 saturated heterocycles. The SMILES string of the molecule is CC(=O)N[C@H]1[C@H]([C@H](O)[C@H](O)CNC(=O)c2cnc(C)[nH]2)O[C@@](CCN2CCOC[C@@]23CCN(C(=O)OC(C)(C)C)C3)(C(=O)O)C[C@@H]1O. The predicted molar refractivity (Wildman–Crippen MR) is 163 cm³/mol. The van der Waals surface area contributed by atoms with E-state index >= 15 is 0 Å². The summed E-state index contributed by atoms with van der Waals surface area (Å²) >= 11 is 0. The van der Waals surface area contributed by atoms with Crippen molar-refractivity contribution < 1.29 is 53.8 Å². The number of carbonyl (C=O) groups is 4. The Morgan fingerprint density at radius 2 is 1.96 bits per heavy atom. The fraction of sp³-hybridized carbons (Fsp3) is 0.767. The number of nitrogens with zero attached hydrogens (tertiary/aromatic N) is 3. The highest BCUT2D eigenvalue weighted by molar-refractivity contribution is 5.92. The van der Waals surface area contributed by atoms with Gasteiger partial charge in [0.15, 0.2) is 5.60 Å². The molecule has 3 fully saturated rings. The van der Waals surface area contributed by atoms with Crippen LogP contribution in [0.2, 0.25) is 0 Å². The average molecular weight is 669 g/mol. The van der Waals surface area contributed by atoms with Crippen LogP contribution in [0.25, 0.3) is 0 Å². The number of hydrogen-bond acceptors (Lipinski definition) is 12. The molecule has 17 heteroatoms. The third-order valence-electron chi connectivity index (χ3n) is 8.90. The Kier molecular flexibility index (Phi) is 11.2. The quantitative estimate of drug-likeness (QED) is 0.155. The van der Waals surface area contributed by atoms with Crippen molar-refractivity contribution in [3.05, 3.63) is 17.7 Å². The molecule has 0 unspecified atom stereocenters. The Morgan fingerprint density at radius 1 is 1.23 bits per heavy atom. The number of carbonyl (C=O) groups excluding carboxylic acids is 3. The number of amides is 3. The van der Waals surface area contributed by atoms with Gasteiger partial charge in [-0.05, 0) is 34.1 Å². The number of aromatic nitrogens is 2. The fourth-order valence-electron chi connectivity index (χ4n) is 6.48. The minimum atomic E-state index is -2.01. The van der Waals surface area contributed by atoms with E-state index in [1.165, 1.54) is 13.1 Å². The summed E-state index contributed by atoms with van der Waals surface area (Å²) in [5.41, 5.74) is -3.15. The third-order valence-corrected chi connectivity index (χ3v) is 8.90. The van der Waals surface area contributed by atoms with Gasteiger partial charge in [-0.15, -0.1) is 0 Å². The second-order valence-electron chi connectivity index (χ2n) is 13.7. The number of hydrogen-bond donors (Lipinski definition) is 7. The van der Waals surface area contributed by atoms with E-state index in [-0.39, 0.29) is 18.7 Å². The number of carboxylic acid groups (broad SMARTS) is 1. The Labute approximate surface area is 272 Å². The summed E-state index contributed by atoms with van der Waals surface area (Å²) in [4.78, 5) is 60.5. The summed E-state index contributed by atoms with van der Waals surface area (Å²) in [6.45, 7) is 9.83. The molecule has 0 aromatic carbocycles. The van der Waals surface area contributed by atoms with Gasteiger partial charge < -0.3 is 55.2 Å². The van der Waals surface area contributed by atoms with E-state index in [2.05, 4.69) is 25.5 Å². The van der Waals surface area contributed by atoms with Crippen LogP contribution in [0.15, 0.2) is 6.20 Å². The van der Waals surface area contributed by atoms with Gasteiger partial charge >= 0.3 is 12.1 Å². The Balaban J connectivity index is 1.50. The van der Waals surface area contributed by atoms with Gasteiger partial charge in [0.25, 0.3) is 5.91 Å². The zero-order valence-electron chi connectivity index (χ0n) is 27.5. The molecule has 47 heavy (non-hydrogen) atoms. The summed E-state index contributed by atoms with van der Waals surface area (Å²) in [7, 11) is 0. The van der Waals surface area contributed by atoms with Gasteiger partial charge in [-0.1, -0.05) is 0 Å². The van der Waals surface area contributed by atoms with E-state index < -0.39 is 84.0 Å². The summed E-state index contributed by atoms with van der Waals surface area (Å²) in [6.07, 6.45) is -5.63. The second kappa shape index (κ2) is 14.4. The van der Waals surface area contributed by atoms with Crippen molar-refractivity contribution in [1.29, 1.82) is 0 Å². The van der Waals surface area contributed by atoms with Gasteiger partial charge in [-0.25, -0.2) is 14.6 Å². The number of likely N-dealkylation sites (tertiary alicyclic amines) is 1. The van der Waals surface area contributed by atoms with Crippen LogP contribution in [0.4, 0.5) is 4.79 Å². The van der Waals surface area contributed by atoms with E-state index in [0.717, 1.165) is 0 Å². The van der Waals surface area contributed by atoms with Crippen molar-refractivity contribution in [2.45, 2.75) is 101 Å². The molecule has 0 aliphatic carbocycles. The average Bonchev–Trinajstić information content (AvgIpc) is 3.62. The van der Waals surface area contributed by atoms with Crippen molar-refractivity contribution in [2.24, 2.45) is 0 Å². The number of aliphatic hydroxyl groups excluding tert-OH is 3. The first-order valence-corrected chi connectivity index (χ1v) is 15.8. The molecular formula is C30H48N6O11. The van der Waals surface area contributed by atoms with Crippen molar-refractivity contribution in [2.75, 3.05) is 45.9 Å². The molecule has 1 aromatic heterocycles. The van der Waals surface area contributed by atoms with Gasteiger partial charge in [0.1, 0.15) is 29.3 Å². The first-order chi connectivity index (χ1) is 21.9. The topological polar surface area (TPSA) is 236 Å². The van der Waals surface area contributed by atoms with Gasteiger partial charge in [0.2, 0.25) is 5.91 Å². The molecule has 1 spiro atoms. The zero-order valence-corrected chi connectivity index (χ0v) is 27.5. The Hall–Kier alpha value is -3.35. The van der Waals surface area contributed by atoms with E-state index in [1.54, 1.807) is 32.6 Å². The molecule has 3 aliphatic rings. The van der Waals surface area contributed by atoms with E-state index in [1.807, 2.05) is 0 Å². The van der Waals surface area contributed by atoms with E-state index in [9.17, 15) is 39.6 Å². The first-order valence-electron chi connectivity index (χ1n) is 15.8. The van der Waals surface area contributed by atoms with Crippen LogP contribution in [0, 0.1) is 6.92 Å². The highest BCUT2D eigenvalue weighted by atomic mass is 16.6. The number of H-pyrrole nitrogens is 1. The molecular weight excluding hydrogens is 620 g/mol. The number of morpholine rings is 1. The van der Waals surface area contributed by atoms with Crippen LogP contribution in [-0.2, 0) is 23.8 Å². The van der Waals surface area contributed by atoms with Crippen molar-refractivity contribution in [3.8, 4) is 0 Å². The Bertz CT molecular complexity index is 1300. The molecule has 3 aliphatic heterocycles. The Morgan fingerprint density at radius 3 is 2.57 bits per heavy atom. The fourth-order valence-corrected chi connectivity index (χ4v) is 6.48. The molecule has 0 saturated carbocycles. The monoisotopic (exact) mass is 668 g/mol. The number of imidazole rings is 1. The van der Waals surface area contributed by atoms with Crippen LogP contribution in [0.3, 0.4) is 0 Å². The number of aryl methyl sites for hydroxylation is 1. The van der Waals surface area contributed by atoms with Crippen LogP contribution in [-0.4, -0.2) is 157 Å². The van der Waals surface area contributed by atoms with Crippen LogP contribution < -0.4 is 10.6 Å². The van der Waals surface area contributed by atoms with Gasteiger partial charge in [-0.2, -0.15) is 0 Å². The number of aliphatic carboxylic acids is 1. The van der Waals surface area contributed by atoms with Crippen molar-refractivity contribution in [3.63, 3.8) is 0 Å². The summed E-state index contributed by atoms with van der Waals surface area (Å²) < 4.78 is 17.4. The number of ether oxygens (including phenoxy) is 3. The molecule has 1 aromatic rings. The molecule has 7 atom stereocenters. The maximum Gasteiger partial charge on any atom is 0.410 e. The number of aromatic amines is 1. The van der Waals surface area contributed by atoms with E-state index in [4.69, 9.17) is 14.2 Å². The number of nitrogens with one attached hydrogen (secondary N) is 3. The zero-order chi connectivity index (χ0) is 34.7. The minimum Gasteiger partial charge on any atom is -0.479 e. The minimum absolute atomic E-state index is 0.129. The highest BCUT2D eigenvalue weighted by Gasteiger charge is 2.55. The molecule has 4 rings (SSSR count).